The zero-order chi connectivity index (χ0) is 25.2. The highest BCUT2D eigenvalue weighted by molar-refractivity contribution is 6.15. The number of piperazine rings is 1. The monoisotopic (exact) mass is 490 g/mol. The smallest absolute Gasteiger partial charge is 0.260 e. The van der Waals surface area contributed by atoms with Crippen molar-refractivity contribution in [3.63, 3.8) is 0 Å². The van der Waals surface area contributed by atoms with Gasteiger partial charge in [-0.2, -0.15) is 0 Å². The largest absolute Gasteiger partial charge is 0.496 e. The zero-order valence-electron chi connectivity index (χ0n) is 20.4. The van der Waals surface area contributed by atoms with Crippen molar-refractivity contribution in [3.05, 3.63) is 94.0 Å². The second-order valence-electron chi connectivity index (χ2n) is 9.24. The summed E-state index contributed by atoms with van der Waals surface area (Å²) in [6.07, 6.45) is 0.366. The average molecular weight is 491 g/mol. The lowest BCUT2D eigenvalue weighted by Crippen LogP contribution is -2.44. The molecule has 0 radical (unpaired) electrons. The lowest BCUT2D eigenvalue weighted by molar-refractivity contribution is 0.0974. The predicted octanol–water partition coefficient (Wildman–Crippen LogP) is 4.01. The van der Waals surface area contributed by atoms with E-state index in [1.807, 2.05) is 30.3 Å². The highest BCUT2D eigenvalue weighted by atomic mass is 19.1. The Hall–Kier alpha value is -3.78. The number of benzene rings is 3. The van der Waals surface area contributed by atoms with Gasteiger partial charge in [-0.3, -0.25) is 9.79 Å². The van der Waals surface area contributed by atoms with Gasteiger partial charge in [0.05, 0.1) is 19.2 Å². The number of nitrogens with zero attached hydrogens (tertiary/aromatic N) is 3. The number of anilines is 1. The number of amidine groups is 1. The number of methoxy groups -OCH3 is 1. The fourth-order valence-corrected chi connectivity index (χ4v) is 4.70. The number of carbonyl (C=O) groups is 1. The van der Waals surface area contributed by atoms with E-state index < -0.39 is 11.6 Å². The molecule has 1 fully saturated rings. The van der Waals surface area contributed by atoms with Crippen molar-refractivity contribution in [1.29, 1.82) is 0 Å². The number of hydrogen-bond donors (Lipinski definition) is 1. The molecule has 2 heterocycles. The first-order valence-electron chi connectivity index (χ1n) is 11.9. The number of rotatable bonds is 5. The number of amides is 1. The highest BCUT2D eigenvalue weighted by Crippen LogP contribution is 2.27. The first-order valence-corrected chi connectivity index (χ1v) is 11.9. The van der Waals surface area contributed by atoms with Crippen molar-refractivity contribution in [2.24, 2.45) is 4.99 Å². The molecule has 0 unspecified atom stereocenters. The van der Waals surface area contributed by atoms with E-state index in [1.54, 1.807) is 13.2 Å². The quantitative estimate of drug-likeness (QED) is 0.587. The molecule has 0 saturated carbocycles. The summed E-state index contributed by atoms with van der Waals surface area (Å²) in [5, 5.41) is 2.93. The summed E-state index contributed by atoms with van der Waals surface area (Å²) in [6, 6.07) is 14.9. The van der Waals surface area contributed by atoms with Crippen LogP contribution in [0, 0.1) is 11.6 Å². The first kappa shape index (κ1) is 23.9. The Morgan fingerprint density at radius 2 is 1.72 bits per heavy atom. The maximum absolute atomic E-state index is 13.6. The summed E-state index contributed by atoms with van der Waals surface area (Å²) < 4.78 is 32.8. The van der Waals surface area contributed by atoms with Crippen LogP contribution in [0.2, 0.25) is 0 Å². The number of aliphatic imine (C=N–C) groups is 1. The number of nitrogens with one attached hydrogen (secondary N) is 1. The van der Waals surface area contributed by atoms with E-state index in [9.17, 15) is 13.6 Å². The van der Waals surface area contributed by atoms with E-state index in [0.717, 1.165) is 54.6 Å². The first-order chi connectivity index (χ1) is 17.4. The molecule has 0 aromatic heterocycles. The normalized spacial score (nSPS) is 15.4. The Kier molecular flexibility index (Phi) is 6.69. The third-order valence-corrected chi connectivity index (χ3v) is 6.70. The van der Waals surface area contributed by atoms with Crippen molar-refractivity contribution in [2.75, 3.05) is 45.2 Å². The van der Waals surface area contributed by atoms with E-state index >= 15 is 0 Å². The van der Waals surface area contributed by atoms with Crippen molar-refractivity contribution >= 4 is 17.4 Å². The van der Waals surface area contributed by atoms with E-state index in [1.165, 1.54) is 12.1 Å². The van der Waals surface area contributed by atoms with Crippen LogP contribution in [0.4, 0.5) is 14.5 Å². The molecule has 0 bridgehead atoms. The zero-order valence-corrected chi connectivity index (χ0v) is 20.4. The molecule has 8 heteroatoms. The van der Waals surface area contributed by atoms with Crippen LogP contribution < -0.4 is 15.0 Å². The van der Waals surface area contributed by atoms with Gasteiger partial charge < -0.3 is 19.9 Å². The van der Waals surface area contributed by atoms with Crippen molar-refractivity contribution in [2.45, 2.75) is 13.0 Å². The number of ether oxygens (including phenoxy) is 1. The van der Waals surface area contributed by atoms with Crippen LogP contribution in [-0.4, -0.2) is 57.0 Å². The topological polar surface area (TPSA) is 57.2 Å². The van der Waals surface area contributed by atoms with Gasteiger partial charge in [0.15, 0.2) is 0 Å². The summed E-state index contributed by atoms with van der Waals surface area (Å²) in [5.74, 6) is -0.528. The molecule has 6 nitrogen and oxygen atoms in total. The van der Waals surface area contributed by atoms with Gasteiger partial charge in [0, 0.05) is 49.6 Å². The molecule has 2 aliphatic heterocycles. The molecule has 36 heavy (non-hydrogen) atoms. The van der Waals surface area contributed by atoms with Gasteiger partial charge in [0.1, 0.15) is 23.2 Å². The van der Waals surface area contributed by atoms with Crippen LogP contribution in [0.5, 0.6) is 5.75 Å². The molecule has 0 spiro atoms. The molecule has 186 valence electrons. The Balaban J connectivity index is 1.32. The van der Waals surface area contributed by atoms with Crippen molar-refractivity contribution < 1.29 is 18.3 Å². The summed E-state index contributed by atoms with van der Waals surface area (Å²) in [6.45, 7) is 4.27. The summed E-state index contributed by atoms with van der Waals surface area (Å²) in [7, 11) is 3.67. The van der Waals surface area contributed by atoms with Gasteiger partial charge >= 0.3 is 0 Å². The minimum Gasteiger partial charge on any atom is -0.496 e. The standard InChI is InChI=1S/C28H28F2N4O2/c1-33-7-9-34(10-8-33)23-5-6-24(26(16-23)36-2)28(35)32-27-25-14-18(3-4-20(25)17-31-27)11-19-12-21(29)15-22(30)13-19/h3-6,12-16H,7-11,17H2,1-2H3,(H,31,32,35). The molecule has 0 atom stereocenters. The van der Waals surface area contributed by atoms with E-state index in [4.69, 9.17) is 4.74 Å². The molecule has 1 N–H and O–H groups in total. The molecule has 1 amide bonds. The molecule has 0 aliphatic carbocycles. The van der Waals surface area contributed by atoms with Gasteiger partial charge in [0.2, 0.25) is 0 Å². The van der Waals surface area contributed by atoms with Crippen LogP contribution in [0.1, 0.15) is 32.6 Å². The van der Waals surface area contributed by atoms with Crippen LogP contribution >= 0.6 is 0 Å². The third kappa shape index (κ3) is 5.09. The lowest BCUT2D eigenvalue weighted by atomic mass is 9.99. The highest BCUT2D eigenvalue weighted by Gasteiger charge is 2.22. The van der Waals surface area contributed by atoms with Crippen LogP contribution in [0.3, 0.4) is 0 Å². The number of likely N-dealkylation sites (N-methyl/N-ethyl adjacent to an activating group) is 1. The SMILES string of the molecule is COc1cc(N2CCN(C)CC2)ccc1C(=O)NC1=NCc2ccc(Cc3cc(F)cc(F)c3)cc21. The van der Waals surface area contributed by atoms with E-state index in [0.29, 0.717) is 35.7 Å². The van der Waals surface area contributed by atoms with Crippen molar-refractivity contribution in [3.8, 4) is 5.75 Å². The second-order valence-corrected chi connectivity index (χ2v) is 9.24. The molecule has 5 rings (SSSR count). The summed E-state index contributed by atoms with van der Waals surface area (Å²) in [4.78, 5) is 22.3. The van der Waals surface area contributed by atoms with Gasteiger partial charge in [-0.25, -0.2) is 8.78 Å². The Morgan fingerprint density at radius 3 is 2.44 bits per heavy atom. The number of carbonyl (C=O) groups excluding carboxylic acids is 1. The Labute approximate surface area is 209 Å². The van der Waals surface area contributed by atoms with Crippen LogP contribution in [0.25, 0.3) is 0 Å². The number of hydrogen-bond acceptors (Lipinski definition) is 5. The maximum Gasteiger partial charge on any atom is 0.260 e. The van der Waals surface area contributed by atoms with Crippen LogP contribution in [-0.2, 0) is 13.0 Å². The lowest BCUT2D eigenvalue weighted by Gasteiger charge is -2.34. The molecule has 2 aliphatic rings. The minimum atomic E-state index is -0.603. The van der Waals surface area contributed by atoms with Gasteiger partial charge in [0.25, 0.3) is 5.91 Å². The molecular formula is C28H28F2N4O2. The maximum atomic E-state index is 13.6. The van der Waals surface area contributed by atoms with Gasteiger partial charge in [-0.05, 0) is 60.5 Å². The second kappa shape index (κ2) is 10.1. The fourth-order valence-electron chi connectivity index (χ4n) is 4.70. The Bertz CT molecular complexity index is 1310. The van der Waals surface area contributed by atoms with Gasteiger partial charge in [-0.15, -0.1) is 0 Å². The Morgan fingerprint density at radius 1 is 0.972 bits per heavy atom. The average Bonchev–Trinajstić information content (AvgIpc) is 3.25. The third-order valence-electron chi connectivity index (χ3n) is 6.70. The predicted molar refractivity (Wildman–Crippen MR) is 136 cm³/mol. The molecule has 3 aromatic carbocycles. The van der Waals surface area contributed by atoms with Crippen molar-refractivity contribution in [1.82, 2.24) is 10.2 Å². The number of halogens is 2. The number of fused-ring (bicyclic) bond motifs is 1. The molecular weight excluding hydrogens is 462 g/mol. The van der Waals surface area contributed by atoms with Crippen LogP contribution in [0.15, 0.2) is 59.6 Å². The molecule has 1 saturated heterocycles. The summed E-state index contributed by atoms with van der Waals surface area (Å²) >= 11 is 0. The fraction of sp³-hybridized carbons (Fsp3) is 0.286. The van der Waals surface area contributed by atoms with E-state index in [2.05, 4.69) is 27.2 Å². The van der Waals surface area contributed by atoms with Gasteiger partial charge in [-0.1, -0.05) is 12.1 Å². The minimum absolute atomic E-state index is 0.305. The van der Waals surface area contributed by atoms with E-state index in [-0.39, 0.29) is 5.91 Å². The molecule has 3 aromatic rings. The summed E-state index contributed by atoms with van der Waals surface area (Å²) in [5.41, 5.74) is 4.66.